The predicted octanol–water partition coefficient (Wildman–Crippen LogP) is 5.54. The molecule has 0 saturated heterocycles. The zero-order valence-electron chi connectivity index (χ0n) is 20.0. The fourth-order valence-electron chi connectivity index (χ4n) is 3.50. The van der Waals surface area contributed by atoms with E-state index in [0.717, 1.165) is 0 Å². The van der Waals surface area contributed by atoms with Crippen molar-refractivity contribution in [2.75, 3.05) is 17.7 Å². The molecule has 0 aliphatic heterocycles. The molecule has 2 amide bonds. The van der Waals surface area contributed by atoms with Crippen molar-refractivity contribution in [3.8, 4) is 39.8 Å². The van der Waals surface area contributed by atoms with Crippen LogP contribution in [0.5, 0.6) is 11.5 Å². The van der Waals surface area contributed by atoms with Gasteiger partial charge in [-0.3, -0.25) is 5.32 Å². The third-order valence-electron chi connectivity index (χ3n) is 5.31. The maximum Gasteiger partial charge on any atom is 0.573 e. The molecule has 2 heterocycles. The van der Waals surface area contributed by atoms with E-state index in [2.05, 4.69) is 35.8 Å². The number of nitrogens with one attached hydrogen (secondary N) is 2. The quantitative estimate of drug-likeness (QED) is 0.277. The van der Waals surface area contributed by atoms with E-state index in [4.69, 9.17) is 9.37 Å². The average molecular weight is 537 g/mol. The zero-order chi connectivity index (χ0) is 27.4. The molecule has 14 heteroatoms. The number of rotatable bonds is 7. The summed E-state index contributed by atoms with van der Waals surface area (Å²) in [7, 11) is 1.56. The van der Waals surface area contributed by atoms with Crippen LogP contribution < -0.4 is 20.1 Å². The summed E-state index contributed by atoms with van der Waals surface area (Å²) in [6.07, 6.45) is -3.34. The van der Waals surface area contributed by atoms with Gasteiger partial charge in [-0.05, 0) is 83.1 Å². The van der Waals surface area contributed by atoms with Crippen LogP contribution in [0.1, 0.15) is 0 Å². The fourth-order valence-corrected chi connectivity index (χ4v) is 3.50. The predicted molar refractivity (Wildman–Crippen MR) is 132 cm³/mol. The van der Waals surface area contributed by atoms with Crippen molar-refractivity contribution in [3.05, 3.63) is 79.1 Å². The Balaban J connectivity index is 1.21. The van der Waals surface area contributed by atoms with Gasteiger partial charge in [-0.15, -0.1) is 18.3 Å². The van der Waals surface area contributed by atoms with Crippen LogP contribution in [0.25, 0.3) is 28.3 Å². The van der Waals surface area contributed by atoms with E-state index in [1.165, 1.54) is 35.3 Å². The standard InChI is InChI=1S/C25H18F3N7O4/c1-37-19-10-4-15(5-11-19)21-23(34-39-33-21)31-24(36)30-17-6-2-16(3-7-17)22-29-14-35(32-22)18-8-12-20(13-9-18)38-25(26,27)28/h2-14H,1H3,(H2,30,31,34,36). The van der Waals surface area contributed by atoms with Crippen LogP contribution in [0.15, 0.2) is 83.8 Å². The molecule has 0 spiro atoms. The van der Waals surface area contributed by atoms with Crippen molar-refractivity contribution >= 4 is 17.5 Å². The summed E-state index contributed by atoms with van der Waals surface area (Å²) < 4.78 is 52.3. The maximum absolute atomic E-state index is 12.5. The van der Waals surface area contributed by atoms with E-state index in [1.807, 2.05) is 0 Å². The summed E-state index contributed by atoms with van der Waals surface area (Å²) >= 11 is 0. The van der Waals surface area contributed by atoms with Gasteiger partial charge in [-0.2, -0.15) is 0 Å². The third kappa shape index (κ3) is 6.12. The normalized spacial score (nSPS) is 11.2. The first kappa shape index (κ1) is 25.3. The van der Waals surface area contributed by atoms with E-state index in [9.17, 15) is 18.0 Å². The SMILES string of the molecule is COc1ccc(-c2nonc2NC(=O)Nc2ccc(-c3ncn(-c4ccc(OC(F)(F)F)cc4)n3)cc2)cc1. The molecule has 0 fully saturated rings. The van der Waals surface area contributed by atoms with Gasteiger partial charge in [0.15, 0.2) is 11.5 Å². The minimum Gasteiger partial charge on any atom is -0.497 e. The number of hydrogen-bond acceptors (Lipinski definition) is 8. The van der Waals surface area contributed by atoms with Gasteiger partial charge >= 0.3 is 12.4 Å². The van der Waals surface area contributed by atoms with Crippen molar-refractivity contribution in [1.29, 1.82) is 0 Å². The number of ether oxygens (including phenoxy) is 2. The summed E-state index contributed by atoms with van der Waals surface area (Å²) in [4.78, 5) is 16.8. The molecule has 2 N–H and O–H groups in total. The number of anilines is 2. The van der Waals surface area contributed by atoms with E-state index in [1.54, 1.807) is 55.6 Å². The van der Waals surface area contributed by atoms with Crippen molar-refractivity contribution in [2.24, 2.45) is 0 Å². The molecule has 39 heavy (non-hydrogen) atoms. The lowest BCUT2D eigenvalue weighted by molar-refractivity contribution is -0.274. The van der Waals surface area contributed by atoms with Crippen molar-refractivity contribution in [2.45, 2.75) is 6.36 Å². The first-order chi connectivity index (χ1) is 18.8. The maximum atomic E-state index is 12.5. The Hall–Kier alpha value is -5.40. The lowest BCUT2D eigenvalue weighted by Crippen LogP contribution is -2.20. The number of hydrogen-bond donors (Lipinski definition) is 2. The van der Waals surface area contributed by atoms with Gasteiger partial charge in [0.25, 0.3) is 0 Å². The number of amides is 2. The summed E-state index contributed by atoms with van der Waals surface area (Å²) in [5, 5.41) is 17.3. The van der Waals surface area contributed by atoms with Crippen molar-refractivity contribution in [1.82, 2.24) is 25.1 Å². The fraction of sp³-hybridized carbons (Fsp3) is 0.0800. The molecule has 0 bridgehead atoms. The minimum absolute atomic E-state index is 0.141. The molecule has 0 atom stereocenters. The number of halogens is 3. The number of methoxy groups -OCH3 is 1. The Labute approximate surface area is 218 Å². The zero-order valence-corrected chi connectivity index (χ0v) is 20.0. The second-order valence-electron chi connectivity index (χ2n) is 7.90. The topological polar surface area (TPSA) is 129 Å². The molecule has 0 unspecified atom stereocenters. The molecule has 198 valence electrons. The first-order valence-corrected chi connectivity index (χ1v) is 11.2. The van der Waals surface area contributed by atoms with Crippen molar-refractivity contribution < 1.29 is 32.1 Å². The van der Waals surface area contributed by atoms with Gasteiger partial charge in [-0.1, -0.05) is 0 Å². The van der Waals surface area contributed by atoms with Crippen molar-refractivity contribution in [3.63, 3.8) is 0 Å². The molecule has 3 aromatic carbocycles. The van der Waals surface area contributed by atoms with Crippen LogP contribution in [0.2, 0.25) is 0 Å². The average Bonchev–Trinajstić information content (AvgIpc) is 3.59. The Kier molecular flexibility index (Phi) is 6.82. The van der Waals surface area contributed by atoms with Crippen LogP contribution in [0, 0.1) is 0 Å². The number of urea groups is 1. The smallest absolute Gasteiger partial charge is 0.497 e. The van der Waals surface area contributed by atoms with Crippen LogP contribution in [0.3, 0.4) is 0 Å². The summed E-state index contributed by atoms with van der Waals surface area (Å²) in [5.41, 5.74) is 2.66. The van der Waals surface area contributed by atoms with Gasteiger partial charge in [0, 0.05) is 16.8 Å². The summed E-state index contributed by atoms with van der Waals surface area (Å²) in [5.74, 6) is 0.846. The number of nitrogens with zero attached hydrogens (tertiary/aromatic N) is 5. The third-order valence-corrected chi connectivity index (χ3v) is 5.31. The highest BCUT2D eigenvalue weighted by molar-refractivity contribution is 6.01. The molecule has 5 aromatic rings. The van der Waals surface area contributed by atoms with Gasteiger partial charge in [0.1, 0.15) is 17.8 Å². The highest BCUT2D eigenvalue weighted by atomic mass is 19.4. The number of aromatic nitrogens is 5. The van der Waals surface area contributed by atoms with Gasteiger partial charge in [-0.25, -0.2) is 19.1 Å². The number of carbonyl (C=O) groups excluding carboxylic acids is 1. The van der Waals surface area contributed by atoms with Crippen LogP contribution >= 0.6 is 0 Å². The molecule has 0 aliphatic rings. The first-order valence-electron chi connectivity index (χ1n) is 11.2. The van der Waals surface area contributed by atoms with Crippen LogP contribution in [0.4, 0.5) is 29.5 Å². The molecular formula is C25H18F3N7O4. The lowest BCUT2D eigenvalue weighted by atomic mass is 10.1. The molecule has 2 aromatic heterocycles. The molecule has 0 saturated carbocycles. The van der Waals surface area contributed by atoms with Gasteiger partial charge in [0.05, 0.1) is 12.8 Å². The molecule has 0 radical (unpaired) electrons. The van der Waals surface area contributed by atoms with E-state index in [0.29, 0.717) is 39.8 Å². The van der Waals surface area contributed by atoms with Crippen LogP contribution in [-0.2, 0) is 0 Å². The Bertz CT molecular complexity index is 1570. The number of benzene rings is 3. The number of carbonyl (C=O) groups is 1. The van der Waals surface area contributed by atoms with E-state index < -0.39 is 12.4 Å². The molecule has 0 aliphatic carbocycles. The summed E-state index contributed by atoms with van der Waals surface area (Å²) in [6, 6.07) is 18.4. The Morgan fingerprint density at radius 2 is 1.54 bits per heavy atom. The highest BCUT2D eigenvalue weighted by Gasteiger charge is 2.31. The molecule has 5 rings (SSSR count). The second kappa shape index (κ2) is 10.5. The van der Waals surface area contributed by atoms with E-state index in [-0.39, 0.29) is 11.6 Å². The Morgan fingerprint density at radius 3 is 2.21 bits per heavy atom. The molecular weight excluding hydrogens is 519 g/mol. The van der Waals surface area contributed by atoms with Gasteiger partial charge in [0.2, 0.25) is 5.82 Å². The Morgan fingerprint density at radius 1 is 0.872 bits per heavy atom. The number of alkyl halides is 3. The summed E-state index contributed by atoms with van der Waals surface area (Å²) in [6.45, 7) is 0. The lowest BCUT2D eigenvalue weighted by Gasteiger charge is -2.09. The largest absolute Gasteiger partial charge is 0.573 e. The van der Waals surface area contributed by atoms with Gasteiger partial charge < -0.3 is 14.8 Å². The monoisotopic (exact) mass is 537 g/mol. The van der Waals surface area contributed by atoms with Crippen LogP contribution in [-0.4, -0.2) is 44.6 Å². The minimum atomic E-state index is -4.77. The second-order valence-corrected chi connectivity index (χ2v) is 7.90. The van der Waals surface area contributed by atoms with E-state index >= 15 is 0 Å². The highest BCUT2D eigenvalue weighted by Crippen LogP contribution is 2.27. The molecule has 11 nitrogen and oxygen atoms in total.